The van der Waals surface area contributed by atoms with Gasteiger partial charge in [-0.15, -0.1) is 6.92 Å². The average Bonchev–Trinajstić information content (AvgIpc) is 2.77. The Morgan fingerprint density at radius 1 is 0.733 bits per heavy atom. The van der Waals surface area contributed by atoms with Gasteiger partial charge in [-0.25, -0.2) is 5.57 Å². The topological polar surface area (TPSA) is 0 Å². The molecule has 0 fully saturated rings. The van der Waals surface area contributed by atoms with E-state index in [1.165, 1.54) is 43.8 Å². The van der Waals surface area contributed by atoms with Crippen molar-refractivity contribution in [2.24, 2.45) is 0 Å². The van der Waals surface area contributed by atoms with Crippen molar-refractivity contribution in [1.29, 1.82) is 0 Å². The van der Waals surface area contributed by atoms with E-state index in [1.54, 1.807) is 0 Å². The Hall–Kier alpha value is -0.279. The van der Waals surface area contributed by atoms with E-state index in [-0.39, 0.29) is 64.0 Å². The predicted molar refractivity (Wildman–Crippen MR) is 117 cm³/mol. The molecule has 2 unspecified atom stereocenters. The summed E-state index contributed by atoms with van der Waals surface area (Å²) in [6, 6.07) is 16.3. The van der Waals surface area contributed by atoms with Crippen molar-refractivity contribution >= 4 is 18.4 Å². The molecule has 0 saturated carbocycles. The molecule has 160 valence electrons. The van der Waals surface area contributed by atoms with Crippen LogP contribution >= 0.6 is 0 Å². The van der Waals surface area contributed by atoms with E-state index >= 15 is 0 Å². The zero-order valence-electron chi connectivity index (χ0n) is 19.2. The Morgan fingerprint density at radius 2 is 1.23 bits per heavy atom. The minimum atomic E-state index is -2.12. The first-order chi connectivity index (χ1) is 12.1. The Balaban J connectivity index is 0. The number of hydrogen-bond acceptors (Lipinski definition) is 0. The molecule has 1 aliphatic carbocycles. The standard InChI is InChI=1S/C25H31Si.3ClH.Ti/c1-17-10-9-11-23(13-17)26(8,24-14-18(2)12-19(3)15-24)25(7)16-20(4)21(5)22(25)6;;;;/h9-15H,1-8H3;3*1H;/q-1;;;;+4/p-3. The summed E-state index contributed by atoms with van der Waals surface area (Å²) in [6.07, 6.45) is 3.93. The molecule has 2 aromatic carbocycles. The smallest absolute Gasteiger partial charge is 1.00 e. The Labute approximate surface area is 218 Å². The van der Waals surface area contributed by atoms with E-state index in [1.807, 2.05) is 0 Å². The van der Waals surface area contributed by atoms with Crippen LogP contribution in [0.4, 0.5) is 0 Å². The molecule has 2 atom stereocenters. The summed E-state index contributed by atoms with van der Waals surface area (Å²) in [5.41, 5.74) is 8.28. The number of benzene rings is 2. The van der Waals surface area contributed by atoms with E-state index in [9.17, 15) is 0 Å². The summed E-state index contributed by atoms with van der Waals surface area (Å²) in [4.78, 5) is 0. The van der Waals surface area contributed by atoms with Crippen molar-refractivity contribution in [1.82, 2.24) is 0 Å². The second kappa shape index (κ2) is 11.5. The van der Waals surface area contributed by atoms with Gasteiger partial charge in [-0.05, 0) is 20.8 Å². The van der Waals surface area contributed by atoms with Crippen LogP contribution in [0.3, 0.4) is 0 Å². The summed E-state index contributed by atoms with van der Waals surface area (Å²) >= 11 is 0. The van der Waals surface area contributed by atoms with Gasteiger partial charge in [-0.3, -0.25) is 6.08 Å². The van der Waals surface area contributed by atoms with Gasteiger partial charge in [0.1, 0.15) is 8.07 Å². The Kier molecular flexibility index (Phi) is 12.3. The molecule has 0 aliphatic heterocycles. The molecule has 0 nitrogen and oxygen atoms in total. The van der Waals surface area contributed by atoms with Gasteiger partial charge in [0.2, 0.25) is 0 Å². The molecule has 0 heterocycles. The Morgan fingerprint density at radius 3 is 1.67 bits per heavy atom. The normalized spacial score (nSPS) is 19.4. The summed E-state index contributed by atoms with van der Waals surface area (Å²) in [5.74, 6) is 0. The van der Waals surface area contributed by atoms with Gasteiger partial charge in [0, 0.05) is 0 Å². The Bertz CT molecular complexity index is 931. The first-order valence-electron chi connectivity index (χ1n) is 9.55. The van der Waals surface area contributed by atoms with Crippen LogP contribution < -0.4 is 47.6 Å². The first kappa shape index (κ1) is 31.9. The molecule has 5 heteroatoms. The second-order valence-corrected chi connectivity index (χ2v) is 12.9. The molecular formula is C25H31Cl3SiTi. The molecule has 0 saturated heterocycles. The van der Waals surface area contributed by atoms with E-state index in [0.29, 0.717) is 0 Å². The van der Waals surface area contributed by atoms with Crippen LogP contribution in [-0.2, 0) is 21.7 Å². The quantitative estimate of drug-likeness (QED) is 0.298. The summed E-state index contributed by atoms with van der Waals surface area (Å²) in [7, 11) is -2.12. The minimum absolute atomic E-state index is 0. The number of aryl methyl sites for hydroxylation is 3. The molecular weight excluding hydrogens is 483 g/mol. The van der Waals surface area contributed by atoms with Crippen molar-refractivity contribution in [3.8, 4) is 0 Å². The third kappa shape index (κ3) is 5.20. The summed E-state index contributed by atoms with van der Waals surface area (Å²) < 4.78 is 0. The molecule has 0 amide bonds. The van der Waals surface area contributed by atoms with Crippen LogP contribution in [0.2, 0.25) is 11.6 Å². The van der Waals surface area contributed by atoms with Gasteiger partial charge >= 0.3 is 21.7 Å². The molecule has 2 aromatic rings. The number of allylic oxidation sites excluding steroid dienone is 4. The fourth-order valence-electron chi connectivity index (χ4n) is 4.68. The number of hydrogen-bond donors (Lipinski definition) is 0. The summed E-state index contributed by atoms with van der Waals surface area (Å²) in [6.45, 7) is 18.4. The zero-order valence-corrected chi connectivity index (χ0v) is 24.0. The molecule has 0 N–H and O–H groups in total. The van der Waals surface area contributed by atoms with Gasteiger partial charge in [0.25, 0.3) is 0 Å². The first-order valence-corrected chi connectivity index (χ1v) is 12.1. The van der Waals surface area contributed by atoms with Crippen LogP contribution in [0.5, 0.6) is 0 Å². The minimum Gasteiger partial charge on any atom is -1.00 e. The molecule has 0 aromatic heterocycles. The number of rotatable bonds is 3. The second-order valence-electron chi connectivity index (χ2n) is 8.50. The van der Waals surface area contributed by atoms with Crippen molar-refractivity contribution in [2.75, 3.05) is 0 Å². The maximum absolute atomic E-state index is 3.93. The molecule has 30 heavy (non-hydrogen) atoms. The van der Waals surface area contributed by atoms with Crippen molar-refractivity contribution in [3.63, 3.8) is 0 Å². The fourth-order valence-corrected chi connectivity index (χ4v) is 9.52. The van der Waals surface area contributed by atoms with Gasteiger partial charge in [0.05, 0.1) is 0 Å². The van der Waals surface area contributed by atoms with E-state index in [4.69, 9.17) is 0 Å². The van der Waals surface area contributed by atoms with Crippen LogP contribution in [0.15, 0.2) is 59.2 Å². The maximum atomic E-state index is 3.93. The van der Waals surface area contributed by atoms with Crippen molar-refractivity contribution in [3.05, 3.63) is 82.0 Å². The number of halogens is 3. The van der Waals surface area contributed by atoms with Crippen LogP contribution in [-0.4, -0.2) is 8.07 Å². The van der Waals surface area contributed by atoms with Crippen molar-refractivity contribution in [2.45, 2.75) is 60.1 Å². The van der Waals surface area contributed by atoms with Crippen LogP contribution in [0.1, 0.15) is 44.4 Å². The third-order valence-electron chi connectivity index (χ3n) is 6.71. The van der Waals surface area contributed by atoms with E-state index in [2.05, 4.69) is 104 Å². The SMILES string of the molecule is CC1=[C-]C(C)([Si](C)(c2cccc(C)c2)c2cc(C)cc(C)c2)C(C)=C1C.[Cl-].[Cl-].[Cl-].[Ti+4]. The average molecular weight is 514 g/mol. The maximum Gasteiger partial charge on any atom is 4.00 e. The molecule has 0 radical (unpaired) electrons. The predicted octanol–water partition coefficient (Wildman–Crippen LogP) is -3.33. The van der Waals surface area contributed by atoms with Crippen LogP contribution in [0.25, 0.3) is 0 Å². The van der Waals surface area contributed by atoms with Gasteiger partial charge < -0.3 is 37.2 Å². The fraction of sp³-hybridized carbons (Fsp3) is 0.360. The van der Waals surface area contributed by atoms with E-state index in [0.717, 1.165) is 0 Å². The summed E-state index contributed by atoms with van der Waals surface area (Å²) in [5, 5.41) is 2.98. The van der Waals surface area contributed by atoms with Gasteiger partial charge in [-0.1, -0.05) is 102 Å². The third-order valence-corrected chi connectivity index (χ3v) is 12.1. The largest absolute Gasteiger partial charge is 4.00 e. The van der Waals surface area contributed by atoms with Crippen LogP contribution in [0, 0.1) is 26.8 Å². The monoisotopic (exact) mass is 512 g/mol. The van der Waals surface area contributed by atoms with Gasteiger partial charge in [0.15, 0.2) is 0 Å². The molecule has 0 spiro atoms. The molecule has 0 bridgehead atoms. The molecule has 3 rings (SSSR count). The van der Waals surface area contributed by atoms with E-state index < -0.39 is 8.07 Å². The zero-order chi connectivity index (χ0) is 19.3. The molecule has 1 aliphatic rings. The van der Waals surface area contributed by atoms with Crippen molar-refractivity contribution < 1.29 is 58.9 Å². The van der Waals surface area contributed by atoms with Gasteiger partial charge in [-0.2, -0.15) is 11.1 Å².